The number of rotatable bonds is 4. The molecule has 0 unspecified atom stereocenters. The number of amides is 1. The zero-order chi connectivity index (χ0) is 15.4. The Labute approximate surface area is 123 Å². The van der Waals surface area contributed by atoms with Gasteiger partial charge in [0, 0.05) is 11.6 Å². The first kappa shape index (κ1) is 14.7. The highest BCUT2D eigenvalue weighted by molar-refractivity contribution is 6.06. The van der Waals surface area contributed by atoms with E-state index >= 15 is 0 Å². The van der Waals surface area contributed by atoms with Crippen molar-refractivity contribution in [2.75, 3.05) is 19.5 Å². The molecule has 0 radical (unpaired) electrons. The Kier molecular flexibility index (Phi) is 4.33. The second-order valence-electron chi connectivity index (χ2n) is 4.52. The largest absolute Gasteiger partial charge is 0.508 e. The van der Waals surface area contributed by atoms with Gasteiger partial charge in [0.1, 0.15) is 17.2 Å². The van der Waals surface area contributed by atoms with Gasteiger partial charge in [0.05, 0.1) is 19.9 Å². The van der Waals surface area contributed by atoms with Crippen LogP contribution >= 0.6 is 0 Å². The summed E-state index contributed by atoms with van der Waals surface area (Å²) in [5, 5.41) is 12.2. The van der Waals surface area contributed by atoms with Crippen molar-refractivity contribution in [3.8, 4) is 17.2 Å². The van der Waals surface area contributed by atoms with Gasteiger partial charge in [-0.1, -0.05) is 0 Å². The summed E-state index contributed by atoms with van der Waals surface area (Å²) in [7, 11) is 3.09. The summed E-state index contributed by atoms with van der Waals surface area (Å²) < 4.78 is 10.4. The fourth-order valence-electron chi connectivity index (χ4n) is 1.99. The van der Waals surface area contributed by atoms with E-state index in [9.17, 15) is 9.90 Å². The molecule has 0 spiro atoms. The van der Waals surface area contributed by atoms with Crippen molar-refractivity contribution in [2.45, 2.75) is 6.92 Å². The molecule has 2 aromatic rings. The minimum Gasteiger partial charge on any atom is -0.508 e. The molecule has 0 aromatic heterocycles. The maximum atomic E-state index is 12.3. The van der Waals surface area contributed by atoms with Crippen LogP contribution in [0.4, 0.5) is 5.69 Å². The molecule has 0 bridgehead atoms. The molecule has 110 valence electrons. The molecule has 0 aliphatic rings. The van der Waals surface area contributed by atoms with Gasteiger partial charge >= 0.3 is 0 Å². The van der Waals surface area contributed by atoms with Crippen LogP contribution in [0.2, 0.25) is 0 Å². The van der Waals surface area contributed by atoms with Gasteiger partial charge < -0.3 is 19.9 Å². The quantitative estimate of drug-likeness (QED) is 0.907. The van der Waals surface area contributed by atoms with Gasteiger partial charge in [-0.2, -0.15) is 0 Å². The monoisotopic (exact) mass is 287 g/mol. The number of methoxy groups -OCH3 is 2. The number of carbonyl (C=O) groups excluding carboxylic acids is 1. The molecule has 0 atom stereocenters. The highest BCUT2D eigenvalue weighted by Gasteiger charge is 2.13. The van der Waals surface area contributed by atoms with Crippen LogP contribution in [0.5, 0.6) is 17.2 Å². The molecule has 2 rings (SSSR count). The predicted molar refractivity (Wildman–Crippen MR) is 80.3 cm³/mol. The summed E-state index contributed by atoms with van der Waals surface area (Å²) in [6.07, 6.45) is 0. The van der Waals surface area contributed by atoms with Gasteiger partial charge in [0.15, 0.2) is 0 Å². The molecule has 1 amide bonds. The van der Waals surface area contributed by atoms with Crippen LogP contribution in [0.1, 0.15) is 15.9 Å². The Morgan fingerprint density at radius 2 is 1.86 bits per heavy atom. The van der Waals surface area contributed by atoms with E-state index in [1.807, 2.05) is 0 Å². The molecule has 5 nitrogen and oxygen atoms in total. The summed E-state index contributed by atoms with van der Waals surface area (Å²) in [6.45, 7) is 1.76. The van der Waals surface area contributed by atoms with E-state index < -0.39 is 0 Å². The van der Waals surface area contributed by atoms with Crippen molar-refractivity contribution >= 4 is 11.6 Å². The molecular formula is C16H17NO4. The Morgan fingerprint density at radius 3 is 2.48 bits per heavy atom. The number of nitrogens with one attached hydrogen (secondary N) is 1. The number of phenolic OH excluding ortho intramolecular Hbond substituents is 1. The minimum absolute atomic E-state index is 0.131. The lowest BCUT2D eigenvalue weighted by atomic mass is 10.1. The van der Waals surface area contributed by atoms with E-state index in [-0.39, 0.29) is 11.7 Å². The Bertz CT molecular complexity index is 667. The lowest BCUT2D eigenvalue weighted by molar-refractivity contribution is 0.102. The molecule has 0 fully saturated rings. The minimum atomic E-state index is -0.268. The maximum Gasteiger partial charge on any atom is 0.256 e. The van der Waals surface area contributed by atoms with Crippen LogP contribution in [-0.2, 0) is 0 Å². The lowest BCUT2D eigenvalue weighted by Crippen LogP contribution is -2.14. The zero-order valence-electron chi connectivity index (χ0n) is 12.1. The van der Waals surface area contributed by atoms with Crippen LogP contribution in [0.15, 0.2) is 36.4 Å². The lowest BCUT2D eigenvalue weighted by Gasteiger charge is -2.12. The Morgan fingerprint density at radius 1 is 1.10 bits per heavy atom. The van der Waals surface area contributed by atoms with E-state index in [4.69, 9.17) is 9.47 Å². The molecule has 0 saturated carbocycles. The van der Waals surface area contributed by atoms with Gasteiger partial charge in [-0.15, -0.1) is 0 Å². The third-order valence-electron chi connectivity index (χ3n) is 3.11. The topological polar surface area (TPSA) is 67.8 Å². The normalized spacial score (nSPS) is 10.0. The first-order valence-electron chi connectivity index (χ1n) is 6.38. The Balaban J connectivity index is 2.27. The van der Waals surface area contributed by atoms with E-state index in [2.05, 4.69) is 5.32 Å². The number of ether oxygens (including phenoxy) is 2. The van der Waals surface area contributed by atoms with Crippen molar-refractivity contribution in [3.05, 3.63) is 47.5 Å². The van der Waals surface area contributed by atoms with Crippen LogP contribution in [0.25, 0.3) is 0 Å². The molecule has 0 aliphatic heterocycles. The molecule has 0 heterocycles. The second kappa shape index (κ2) is 6.17. The third kappa shape index (κ3) is 3.25. The summed E-state index contributed by atoms with van der Waals surface area (Å²) in [5.41, 5.74) is 1.74. The maximum absolute atomic E-state index is 12.3. The van der Waals surface area contributed by atoms with Crippen molar-refractivity contribution in [2.24, 2.45) is 0 Å². The van der Waals surface area contributed by atoms with Crippen molar-refractivity contribution in [3.63, 3.8) is 0 Å². The van der Waals surface area contributed by atoms with E-state index in [1.165, 1.54) is 13.2 Å². The van der Waals surface area contributed by atoms with E-state index in [0.717, 1.165) is 0 Å². The van der Waals surface area contributed by atoms with Gasteiger partial charge in [0.25, 0.3) is 5.91 Å². The van der Waals surface area contributed by atoms with Crippen molar-refractivity contribution in [1.82, 2.24) is 0 Å². The van der Waals surface area contributed by atoms with Gasteiger partial charge in [-0.3, -0.25) is 4.79 Å². The molecule has 0 aliphatic carbocycles. The van der Waals surface area contributed by atoms with Gasteiger partial charge in [-0.25, -0.2) is 0 Å². The van der Waals surface area contributed by atoms with Gasteiger partial charge in [0.2, 0.25) is 0 Å². The first-order chi connectivity index (χ1) is 10.0. The molecule has 5 heteroatoms. The first-order valence-corrected chi connectivity index (χ1v) is 6.38. The second-order valence-corrected chi connectivity index (χ2v) is 4.52. The number of anilines is 1. The summed E-state index contributed by atoms with van der Waals surface area (Å²) in [5.74, 6) is 1.02. The molecule has 2 aromatic carbocycles. The van der Waals surface area contributed by atoms with E-state index in [0.29, 0.717) is 28.3 Å². The average Bonchev–Trinajstić information content (AvgIpc) is 2.47. The Hall–Kier alpha value is -2.69. The van der Waals surface area contributed by atoms with E-state index in [1.54, 1.807) is 44.4 Å². The number of aryl methyl sites for hydroxylation is 1. The van der Waals surface area contributed by atoms with Crippen molar-refractivity contribution < 1.29 is 19.4 Å². The smallest absolute Gasteiger partial charge is 0.256 e. The highest BCUT2D eigenvalue weighted by Crippen LogP contribution is 2.29. The zero-order valence-corrected chi connectivity index (χ0v) is 12.1. The van der Waals surface area contributed by atoms with Gasteiger partial charge in [-0.05, 0) is 42.8 Å². The number of hydrogen-bond acceptors (Lipinski definition) is 4. The molecule has 0 saturated heterocycles. The van der Waals surface area contributed by atoms with Crippen LogP contribution in [0.3, 0.4) is 0 Å². The third-order valence-corrected chi connectivity index (χ3v) is 3.11. The number of phenols is 1. The fourth-order valence-corrected chi connectivity index (χ4v) is 1.99. The summed E-state index contributed by atoms with van der Waals surface area (Å²) in [6, 6.07) is 9.75. The van der Waals surface area contributed by atoms with Crippen LogP contribution in [0, 0.1) is 6.92 Å². The number of benzene rings is 2. The molecule has 21 heavy (non-hydrogen) atoms. The number of aromatic hydroxyl groups is 1. The fraction of sp³-hybridized carbons (Fsp3) is 0.188. The predicted octanol–water partition coefficient (Wildman–Crippen LogP) is 2.97. The SMILES string of the molecule is COc1ccc(NC(=O)c2ccc(O)cc2C)c(OC)c1. The standard InChI is InChI=1S/C16H17NO4/c1-10-8-11(18)4-6-13(10)16(19)17-14-7-5-12(20-2)9-15(14)21-3/h4-9,18H,1-3H3,(H,17,19). The summed E-state index contributed by atoms with van der Waals surface area (Å²) >= 11 is 0. The molecule has 2 N–H and O–H groups in total. The van der Waals surface area contributed by atoms with Crippen molar-refractivity contribution in [1.29, 1.82) is 0 Å². The van der Waals surface area contributed by atoms with Crippen LogP contribution in [-0.4, -0.2) is 25.2 Å². The average molecular weight is 287 g/mol. The number of carbonyl (C=O) groups is 1. The summed E-state index contributed by atoms with van der Waals surface area (Å²) in [4.78, 5) is 12.3. The molecular weight excluding hydrogens is 270 g/mol. The number of hydrogen-bond donors (Lipinski definition) is 2. The highest BCUT2D eigenvalue weighted by atomic mass is 16.5. The van der Waals surface area contributed by atoms with Crippen LogP contribution < -0.4 is 14.8 Å².